The third-order valence-electron chi connectivity index (χ3n) is 3.25. The van der Waals surface area contributed by atoms with Crippen LogP contribution in [0.15, 0.2) is 24.3 Å². The van der Waals surface area contributed by atoms with Gasteiger partial charge in [0.05, 0.1) is 6.61 Å². The number of nitrogens with one attached hydrogen (secondary N) is 1. The van der Waals surface area contributed by atoms with Crippen LogP contribution in [0.2, 0.25) is 5.02 Å². The minimum atomic E-state index is 0. The van der Waals surface area contributed by atoms with Crippen molar-refractivity contribution in [2.24, 2.45) is 5.92 Å². The molecule has 0 amide bonds. The Morgan fingerprint density at radius 1 is 1.28 bits per heavy atom. The van der Waals surface area contributed by atoms with Crippen LogP contribution in [-0.2, 0) is 11.3 Å². The monoisotopic (exact) mass is 289 g/mol. The highest BCUT2D eigenvalue weighted by Crippen LogP contribution is 2.15. The first-order chi connectivity index (χ1) is 8.34. The number of benzene rings is 1. The average molecular weight is 290 g/mol. The lowest BCUT2D eigenvalue weighted by atomic mass is 9.97. The molecule has 2 rings (SSSR count). The second-order valence-electron chi connectivity index (χ2n) is 4.68. The Balaban J connectivity index is 0.00000162. The first-order valence-corrected chi connectivity index (χ1v) is 6.75. The van der Waals surface area contributed by atoms with Gasteiger partial charge in [-0.3, -0.25) is 0 Å². The zero-order valence-electron chi connectivity index (χ0n) is 10.5. The Morgan fingerprint density at radius 2 is 2.06 bits per heavy atom. The van der Waals surface area contributed by atoms with E-state index in [0.29, 0.717) is 6.61 Å². The molecule has 1 aromatic carbocycles. The zero-order valence-corrected chi connectivity index (χ0v) is 12.1. The normalized spacial score (nSPS) is 19.3. The fourth-order valence-electron chi connectivity index (χ4n) is 2.19. The van der Waals surface area contributed by atoms with E-state index < -0.39 is 0 Å². The van der Waals surface area contributed by atoms with Gasteiger partial charge in [-0.15, -0.1) is 12.4 Å². The summed E-state index contributed by atoms with van der Waals surface area (Å²) in [4.78, 5) is 0. The standard InChI is InChI=1S/C14H20ClNO.ClH/c15-14-5-3-13(4-6-14)11-17-9-7-12-2-1-8-16-10-12;/h3-6,12,16H,1-2,7-11H2;1H. The summed E-state index contributed by atoms with van der Waals surface area (Å²) in [6.45, 7) is 3.89. The SMILES string of the molecule is Cl.Clc1ccc(COCCC2CCCNC2)cc1. The second-order valence-corrected chi connectivity index (χ2v) is 5.12. The summed E-state index contributed by atoms with van der Waals surface area (Å²) in [6.07, 6.45) is 3.82. The molecule has 1 aliphatic rings. The van der Waals surface area contributed by atoms with Crippen molar-refractivity contribution in [3.63, 3.8) is 0 Å². The molecule has 0 bridgehead atoms. The Hall–Kier alpha value is -0.280. The fraction of sp³-hybridized carbons (Fsp3) is 0.571. The van der Waals surface area contributed by atoms with Gasteiger partial charge in [-0.1, -0.05) is 23.7 Å². The molecule has 18 heavy (non-hydrogen) atoms. The summed E-state index contributed by atoms with van der Waals surface area (Å²) in [6, 6.07) is 7.85. The molecule has 0 aromatic heterocycles. The van der Waals surface area contributed by atoms with E-state index in [2.05, 4.69) is 5.32 Å². The Labute approximate surface area is 120 Å². The largest absolute Gasteiger partial charge is 0.377 e. The van der Waals surface area contributed by atoms with Crippen LogP contribution in [0.4, 0.5) is 0 Å². The van der Waals surface area contributed by atoms with E-state index in [0.717, 1.165) is 24.1 Å². The van der Waals surface area contributed by atoms with E-state index in [1.54, 1.807) is 0 Å². The van der Waals surface area contributed by atoms with Crippen molar-refractivity contribution < 1.29 is 4.74 Å². The summed E-state index contributed by atoms with van der Waals surface area (Å²) < 4.78 is 5.69. The van der Waals surface area contributed by atoms with Crippen LogP contribution in [0.3, 0.4) is 0 Å². The molecule has 1 aliphatic heterocycles. The molecule has 1 unspecified atom stereocenters. The van der Waals surface area contributed by atoms with Crippen LogP contribution in [-0.4, -0.2) is 19.7 Å². The third-order valence-corrected chi connectivity index (χ3v) is 3.50. The molecular formula is C14H21Cl2NO. The van der Waals surface area contributed by atoms with Gasteiger partial charge >= 0.3 is 0 Å². The van der Waals surface area contributed by atoms with E-state index in [4.69, 9.17) is 16.3 Å². The molecule has 1 N–H and O–H groups in total. The van der Waals surface area contributed by atoms with Gasteiger partial charge in [0.1, 0.15) is 0 Å². The number of hydrogen-bond acceptors (Lipinski definition) is 2. The van der Waals surface area contributed by atoms with Gasteiger partial charge in [0, 0.05) is 11.6 Å². The Morgan fingerprint density at radius 3 is 2.72 bits per heavy atom. The quantitative estimate of drug-likeness (QED) is 0.835. The summed E-state index contributed by atoms with van der Waals surface area (Å²) in [5, 5.41) is 4.21. The maximum Gasteiger partial charge on any atom is 0.0716 e. The molecular weight excluding hydrogens is 269 g/mol. The highest BCUT2D eigenvalue weighted by Gasteiger charge is 2.12. The van der Waals surface area contributed by atoms with E-state index in [1.165, 1.54) is 31.4 Å². The number of rotatable bonds is 5. The van der Waals surface area contributed by atoms with Crippen molar-refractivity contribution in [3.05, 3.63) is 34.9 Å². The van der Waals surface area contributed by atoms with Crippen molar-refractivity contribution in [2.75, 3.05) is 19.7 Å². The van der Waals surface area contributed by atoms with Crippen LogP contribution in [0, 0.1) is 5.92 Å². The molecule has 0 aliphatic carbocycles. The molecule has 102 valence electrons. The zero-order chi connectivity index (χ0) is 11.9. The number of ether oxygens (including phenoxy) is 1. The number of piperidine rings is 1. The second kappa shape index (κ2) is 8.76. The van der Waals surface area contributed by atoms with E-state index in [-0.39, 0.29) is 12.4 Å². The summed E-state index contributed by atoms with van der Waals surface area (Å²) >= 11 is 5.83. The molecule has 1 atom stereocenters. The highest BCUT2D eigenvalue weighted by molar-refractivity contribution is 6.30. The molecule has 0 spiro atoms. The van der Waals surface area contributed by atoms with E-state index in [1.807, 2.05) is 24.3 Å². The topological polar surface area (TPSA) is 21.3 Å². The highest BCUT2D eigenvalue weighted by atomic mass is 35.5. The van der Waals surface area contributed by atoms with Crippen LogP contribution in [0.25, 0.3) is 0 Å². The number of halogens is 2. The van der Waals surface area contributed by atoms with Crippen molar-refractivity contribution in [1.82, 2.24) is 5.32 Å². The van der Waals surface area contributed by atoms with Crippen LogP contribution < -0.4 is 5.32 Å². The third kappa shape index (κ3) is 5.57. The van der Waals surface area contributed by atoms with Gasteiger partial charge in [-0.25, -0.2) is 0 Å². The van der Waals surface area contributed by atoms with Crippen LogP contribution in [0.5, 0.6) is 0 Å². The molecule has 4 heteroatoms. The fourth-order valence-corrected chi connectivity index (χ4v) is 2.32. The first kappa shape index (κ1) is 15.8. The lowest BCUT2D eigenvalue weighted by molar-refractivity contribution is 0.103. The van der Waals surface area contributed by atoms with E-state index >= 15 is 0 Å². The Kier molecular flexibility index (Phi) is 7.68. The minimum Gasteiger partial charge on any atom is -0.377 e. The lowest BCUT2D eigenvalue weighted by Gasteiger charge is -2.22. The summed E-state index contributed by atoms with van der Waals surface area (Å²) in [7, 11) is 0. The van der Waals surface area contributed by atoms with Gasteiger partial charge in [-0.05, 0) is 56.0 Å². The summed E-state index contributed by atoms with van der Waals surface area (Å²) in [5.41, 5.74) is 1.19. The smallest absolute Gasteiger partial charge is 0.0716 e. The van der Waals surface area contributed by atoms with Gasteiger partial charge in [0.25, 0.3) is 0 Å². The average Bonchev–Trinajstić information content (AvgIpc) is 2.38. The predicted octanol–water partition coefficient (Wildman–Crippen LogP) is 3.67. The maximum atomic E-state index is 5.83. The molecule has 1 saturated heterocycles. The molecule has 1 fully saturated rings. The van der Waals surface area contributed by atoms with Crippen molar-refractivity contribution in [2.45, 2.75) is 25.9 Å². The van der Waals surface area contributed by atoms with Gasteiger partial charge in [0.2, 0.25) is 0 Å². The van der Waals surface area contributed by atoms with Gasteiger partial charge < -0.3 is 10.1 Å². The Bertz CT molecular complexity index is 323. The van der Waals surface area contributed by atoms with Crippen LogP contribution in [0.1, 0.15) is 24.8 Å². The first-order valence-electron chi connectivity index (χ1n) is 6.37. The molecule has 0 radical (unpaired) electrons. The molecule has 1 aromatic rings. The van der Waals surface area contributed by atoms with Gasteiger partial charge in [-0.2, -0.15) is 0 Å². The predicted molar refractivity (Wildman–Crippen MR) is 78.6 cm³/mol. The van der Waals surface area contributed by atoms with Crippen molar-refractivity contribution in [1.29, 1.82) is 0 Å². The van der Waals surface area contributed by atoms with Crippen molar-refractivity contribution >= 4 is 24.0 Å². The maximum absolute atomic E-state index is 5.83. The molecule has 1 heterocycles. The molecule has 0 saturated carbocycles. The number of hydrogen-bond donors (Lipinski definition) is 1. The lowest BCUT2D eigenvalue weighted by Crippen LogP contribution is -2.30. The van der Waals surface area contributed by atoms with Crippen molar-refractivity contribution in [3.8, 4) is 0 Å². The van der Waals surface area contributed by atoms with E-state index in [9.17, 15) is 0 Å². The van der Waals surface area contributed by atoms with Crippen LogP contribution >= 0.6 is 24.0 Å². The minimum absolute atomic E-state index is 0. The molecule has 2 nitrogen and oxygen atoms in total. The van der Waals surface area contributed by atoms with Gasteiger partial charge in [0.15, 0.2) is 0 Å². The summed E-state index contributed by atoms with van der Waals surface area (Å²) in [5.74, 6) is 0.800.